The Kier molecular flexibility index (Phi) is 4.94. The van der Waals surface area contributed by atoms with Crippen LogP contribution in [0.15, 0.2) is 42.5 Å². The van der Waals surface area contributed by atoms with Crippen molar-refractivity contribution >= 4 is 0 Å². The van der Waals surface area contributed by atoms with Gasteiger partial charge in [-0.25, -0.2) is 4.39 Å². The molecule has 1 fully saturated rings. The SMILES string of the molecule is COc1ccc(F)cc1C(c1cccc(C)c1)N1CCNCC1. The Morgan fingerprint density at radius 3 is 2.61 bits per heavy atom. The van der Waals surface area contributed by atoms with Crippen LogP contribution in [0.4, 0.5) is 4.39 Å². The van der Waals surface area contributed by atoms with Crippen LogP contribution in [0.2, 0.25) is 0 Å². The summed E-state index contributed by atoms with van der Waals surface area (Å²) in [5, 5.41) is 3.38. The number of ether oxygens (including phenoxy) is 1. The highest BCUT2D eigenvalue weighted by molar-refractivity contribution is 5.43. The Bertz CT molecular complexity index is 668. The Labute approximate surface area is 137 Å². The van der Waals surface area contributed by atoms with Crippen molar-refractivity contribution in [2.24, 2.45) is 0 Å². The summed E-state index contributed by atoms with van der Waals surface area (Å²) in [6, 6.07) is 13.2. The molecule has 0 aromatic heterocycles. The third-order valence-electron chi connectivity index (χ3n) is 4.36. The van der Waals surface area contributed by atoms with Crippen molar-refractivity contribution in [2.75, 3.05) is 33.3 Å². The van der Waals surface area contributed by atoms with Crippen LogP contribution < -0.4 is 10.1 Å². The number of methoxy groups -OCH3 is 1. The van der Waals surface area contributed by atoms with E-state index < -0.39 is 0 Å². The molecule has 1 unspecified atom stereocenters. The minimum atomic E-state index is -0.228. The largest absolute Gasteiger partial charge is 0.496 e. The summed E-state index contributed by atoms with van der Waals surface area (Å²) in [4.78, 5) is 2.39. The highest BCUT2D eigenvalue weighted by Crippen LogP contribution is 2.35. The summed E-state index contributed by atoms with van der Waals surface area (Å²) in [7, 11) is 1.64. The van der Waals surface area contributed by atoms with E-state index in [1.807, 2.05) is 0 Å². The van der Waals surface area contributed by atoms with Gasteiger partial charge in [-0.1, -0.05) is 29.8 Å². The summed E-state index contributed by atoms with van der Waals surface area (Å²) in [6.45, 7) is 5.83. The fraction of sp³-hybridized carbons (Fsp3) is 0.368. The molecule has 0 aliphatic carbocycles. The van der Waals surface area contributed by atoms with Gasteiger partial charge in [0.25, 0.3) is 0 Å². The minimum Gasteiger partial charge on any atom is -0.496 e. The van der Waals surface area contributed by atoms with Gasteiger partial charge in [0.05, 0.1) is 13.2 Å². The molecular weight excluding hydrogens is 291 g/mol. The van der Waals surface area contributed by atoms with Crippen molar-refractivity contribution in [3.63, 3.8) is 0 Å². The van der Waals surface area contributed by atoms with Gasteiger partial charge in [0, 0.05) is 31.7 Å². The number of hydrogen-bond acceptors (Lipinski definition) is 3. The van der Waals surface area contributed by atoms with Crippen molar-refractivity contribution in [3.05, 3.63) is 65.0 Å². The Morgan fingerprint density at radius 2 is 1.91 bits per heavy atom. The van der Waals surface area contributed by atoms with Gasteiger partial charge < -0.3 is 10.1 Å². The zero-order valence-electron chi connectivity index (χ0n) is 13.7. The molecule has 1 heterocycles. The maximum Gasteiger partial charge on any atom is 0.124 e. The van der Waals surface area contributed by atoms with Crippen molar-refractivity contribution < 1.29 is 9.13 Å². The van der Waals surface area contributed by atoms with Crippen LogP contribution in [0, 0.1) is 12.7 Å². The van der Waals surface area contributed by atoms with E-state index in [9.17, 15) is 4.39 Å². The standard InChI is InChI=1S/C19H23FN2O/c1-14-4-3-5-15(12-14)19(22-10-8-21-9-11-22)17-13-16(20)6-7-18(17)23-2/h3-7,12-13,19,21H,8-11H2,1-2H3. The Hall–Kier alpha value is -1.91. The molecule has 2 aromatic rings. The Balaban J connectivity index is 2.09. The third kappa shape index (κ3) is 3.54. The molecule has 1 N–H and O–H groups in total. The van der Waals surface area contributed by atoms with E-state index in [1.165, 1.54) is 17.2 Å². The average molecular weight is 314 g/mol. The number of rotatable bonds is 4. The first-order chi connectivity index (χ1) is 11.2. The number of nitrogens with zero attached hydrogens (tertiary/aromatic N) is 1. The first-order valence-electron chi connectivity index (χ1n) is 8.04. The van der Waals surface area contributed by atoms with Crippen LogP contribution in [0.5, 0.6) is 5.75 Å². The van der Waals surface area contributed by atoms with E-state index in [0.29, 0.717) is 0 Å². The lowest BCUT2D eigenvalue weighted by Crippen LogP contribution is -2.45. The monoisotopic (exact) mass is 314 g/mol. The van der Waals surface area contributed by atoms with Crippen LogP contribution in [-0.4, -0.2) is 38.2 Å². The lowest BCUT2D eigenvalue weighted by atomic mass is 9.94. The van der Waals surface area contributed by atoms with Crippen molar-refractivity contribution in [1.29, 1.82) is 0 Å². The van der Waals surface area contributed by atoms with E-state index in [0.717, 1.165) is 37.5 Å². The Morgan fingerprint density at radius 1 is 1.13 bits per heavy atom. The summed E-state index contributed by atoms with van der Waals surface area (Å²) >= 11 is 0. The molecule has 0 saturated carbocycles. The molecule has 0 bridgehead atoms. The van der Waals surface area contributed by atoms with Gasteiger partial charge in [0.2, 0.25) is 0 Å². The van der Waals surface area contributed by atoms with Gasteiger partial charge in [-0.15, -0.1) is 0 Å². The number of piperazine rings is 1. The van der Waals surface area contributed by atoms with E-state index >= 15 is 0 Å². The zero-order valence-corrected chi connectivity index (χ0v) is 13.7. The smallest absolute Gasteiger partial charge is 0.124 e. The number of hydrogen-bond donors (Lipinski definition) is 1. The summed E-state index contributed by atoms with van der Waals surface area (Å²) in [5.41, 5.74) is 3.27. The maximum atomic E-state index is 13.9. The minimum absolute atomic E-state index is 0.00245. The molecule has 0 spiro atoms. The molecule has 122 valence electrons. The number of benzene rings is 2. The molecule has 4 heteroatoms. The molecule has 23 heavy (non-hydrogen) atoms. The summed E-state index contributed by atoms with van der Waals surface area (Å²) < 4.78 is 19.4. The predicted molar refractivity (Wildman–Crippen MR) is 90.4 cm³/mol. The highest BCUT2D eigenvalue weighted by Gasteiger charge is 2.27. The van der Waals surface area contributed by atoms with Crippen molar-refractivity contribution in [1.82, 2.24) is 10.2 Å². The summed E-state index contributed by atoms with van der Waals surface area (Å²) in [5.74, 6) is 0.505. The lowest BCUT2D eigenvalue weighted by molar-refractivity contribution is 0.195. The molecule has 3 nitrogen and oxygen atoms in total. The molecule has 1 aliphatic rings. The highest BCUT2D eigenvalue weighted by atomic mass is 19.1. The second kappa shape index (κ2) is 7.11. The van der Waals surface area contributed by atoms with Gasteiger partial charge in [-0.3, -0.25) is 4.90 Å². The van der Waals surface area contributed by atoms with Crippen LogP contribution in [0.25, 0.3) is 0 Å². The average Bonchev–Trinajstić information content (AvgIpc) is 2.56. The van der Waals surface area contributed by atoms with Crippen LogP contribution >= 0.6 is 0 Å². The predicted octanol–water partition coefficient (Wildman–Crippen LogP) is 3.14. The van der Waals surface area contributed by atoms with Gasteiger partial charge >= 0.3 is 0 Å². The molecule has 1 aliphatic heterocycles. The fourth-order valence-electron chi connectivity index (χ4n) is 3.29. The van der Waals surface area contributed by atoms with Crippen molar-refractivity contribution in [2.45, 2.75) is 13.0 Å². The second-order valence-electron chi connectivity index (χ2n) is 5.99. The molecule has 0 radical (unpaired) electrons. The molecule has 0 amide bonds. The summed E-state index contributed by atoms with van der Waals surface area (Å²) in [6.07, 6.45) is 0. The normalized spacial score (nSPS) is 17.0. The van der Waals surface area contributed by atoms with Crippen LogP contribution in [0.3, 0.4) is 0 Å². The van der Waals surface area contributed by atoms with E-state index in [-0.39, 0.29) is 11.9 Å². The molecule has 3 rings (SSSR count). The van der Waals surface area contributed by atoms with Crippen LogP contribution in [0.1, 0.15) is 22.7 Å². The zero-order chi connectivity index (χ0) is 16.2. The van der Waals surface area contributed by atoms with E-state index in [4.69, 9.17) is 4.74 Å². The van der Waals surface area contributed by atoms with E-state index in [2.05, 4.69) is 41.4 Å². The van der Waals surface area contributed by atoms with Crippen molar-refractivity contribution in [3.8, 4) is 5.75 Å². The lowest BCUT2D eigenvalue weighted by Gasteiger charge is -2.36. The van der Waals surface area contributed by atoms with Gasteiger partial charge in [0.1, 0.15) is 11.6 Å². The molecule has 1 saturated heterocycles. The maximum absolute atomic E-state index is 13.9. The third-order valence-corrected chi connectivity index (χ3v) is 4.36. The molecular formula is C19H23FN2O. The van der Waals surface area contributed by atoms with E-state index in [1.54, 1.807) is 19.2 Å². The first kappa shape index (κ1) is 16.0. The van der Waals surface area contributed by atoms with Gasteiger partial charge in [0.15, 0.2) is 0 Å². The quantitative estimate of drug-likeness (QED) is 0.938. The molecule has 2 aromatic carbocycles. The number of nitrogens with one attached hydrogen (secondary N) is 1. The molecule has 1 atom stereocenters. The first-order valence-corrected chi connectivity index (χ1v) is 8.04. The van der Waals surface area contributed by atoms with Gasteiger partial charge in [-0.2, -0.15) is 0 Å². The number of halogens is 1. The topological polar surface area (TPSA) is 24.5 Å². The van der Waals surface area contributed by atoms with Gasteiger partial charge in [-0.05, 0) is 30.7 Å². The fourth-order valence-corrected chi connectivity index (χ4v) is 3.29. The second-order valence-corrected chi connectivity index (χ2v) is 5.99. The van der Waals surface area contributed by atoms with Crippen LogP contribution in [-0.2, 0) is 0 Å². The number of aryl methyl sites for hydroxylation is 1.